The Morgan fingerprint density at radius 2 is 1.81 bits per heavy atom. The van der Waals surface area contributed by atoms with Gasteiger partial charge in [-0.05, 0) is 39.3 Å². The third-order valence-corrected chi connectivity index (χ3v) is 1.81. The Hall–Kier alpha value is -1.06. The predicted octanol–water partition coefficient (Wildman–Crippen LogP) is 2.78. The molecule has 0 heterocycles. The quantitative estimate of drug-likeness (QED) is 0.594. The summed E-state index contributed by atoms with van der Waals surface area (Å²) in [5.41, 5.74) is 2.79. The summed E-state index contributed by atoms with van der Waals surface area (Å²) >= 11 is 0. The van der Waals surface area contributed by atoms with Crippen LogP contribution in [0.3, 0.4) is 0 Å². The zero-order chi connectivity index (χ0) is 11.9. The fourth-order valence-electron chi connectivity index (χ4n) is 1.12. The van der Waals surface area contributed by atoms with Crippen LogP contribution in [0.2, 0.25) is 0 Å². The van der Waals surface area contributed by atoms with Gasteiger partial charge in [0.2, 0.25) is 0 Å². The summed E-state index contributed by atoms with van der Waals surface area (Å²) in [4.78, 5) is 5.38. The van der Waals surface area contributed by atoms with Gasteiger partial charge < -0.3 is 4.74 Å². The molecule has 3 nitrogen and oxygen atoms in total. The van der Waals surface area contributed by atoms with Gasteiger partial charge in [-0.25, -0.2) is 5.48 Å². The van der Waals surface area contributed by atoms with Gasteiger partial charge in [0.15, 0.2) is 0 Å². The van der Waals surface area contributed by atoms with Gasteiger partial charge in [-0.2, -0.15) is 0 Å². The number of ether oxygens (including phenoxy) is 1. The molecular weight excluding hydrogens is 202 g/mol. The Kier molecular flexibility index (Phi) is 5.29. The van der Waals surface area contributed by atoms with Gasteiger partial charge in [-0.15, -0.1) is 0 Å². The van der Waals surface area contributed by atoms with Crippen LogP contribution < -0.4 is 10.2 Å². The number of nitrogens with one attached hydrogen (secondary N) is 1. The topological polar surface area (TPSA) is 30.5 Å². The lowest BCUT2D eigenvalue weighted by Crippen LogP contribution is -2.30. The molecule has 0 unspecified atom stereocenters. The SMILES string of the molecule is CC(C)(C)ONCCCOc1ccccc1. The summed E-state index contributed by atoms with van der Waals surface area (Å²) < 4.78 is 5.54. The largest absolute Gasteiger partial charge is 0.494 e. The Morgan fingerprint density at radius 1 is 1.12 bits per heavy atom. The minimum Gasteiger partial charge on any atom is -0.494 e. The van der Waals surface area contributed by atoms with E-state index in [0.29, 0.717) is 6.61 Å². The van der Waals surface area contributed by atoms with E-state index in [1.807, 2.05) is 51.1 Å². The van der Waals surface area contributed by atoms with Gasteiger partial charge >= 0.3 is 0 Å². The molecule has 0 aliphatic carbocycles. The fourth-order valence-corrected chi connectivity index (χ4v) is 1.12. The third-order valence-electron chi connectivity index (χ3n) is 1.81. The summed E-state index contributed by atoms with van der Waals surface area (Å²) in [5.74, 6) is 0.916. The molecule has 0 saturated carbocycles. The molecule has 0 fully saturated rings. The first-order chi connectivity index (χ1) is 7.58. The lowest BCUT2D eigenvalue weighted by atomic mass is 10.2. The van der Waals surface area contributed by atoms with E-state index in [1.165, 1.54) is 0 Å². The van der Waals surface area contributed by atoms with Crippen molar-refractivity contribution < 1.29 is 9.57 Å². The van der Waals surface area contributed by atoms with Crippen molar-refractivity contribution in [3.8, 4) is 5.75 Å². The van der Waals surface area contributed by atoms with Crippen LogP contribution >= 0.6 is 0 Å². The van der Waals surface area contributed by atoms with Crippen molar-refractivity contribution in [2.45, 2.75) is 32.8 Å². The second-order valence-corrected chi connectivity index (χ2v) is 4.62. The Bertz CT molecular complexity index is 280. The molecule has 90 valence electrons. The van der Waals surface area contributed by atoms with Crippen LogP contribution in [0.25, 0.3) is 0 Å². The van der Waals surface area contributed by atoms with Gasteiger partial charge in [0.25, 0.3) is 0 Å². The van der Waals surface area contributed by atoms with Crippen molar-refractivity contribution in [1.29, 1.82) is 0 Å². The number of hydroxylamine groups is 1. The first kappa shape index (κ1) is 13.0. The molecule has 0 atom stereocenters. The summed E-state index contributed by atoms with van der Waals surface area (Å²) in [7, 11) is 0. The normalized spacial score (nSPS) is 11.4. The Morgan fingerprint density at radius 3 is 2.44 bits per heavy atom. The maximum atomic E-state index is 5.54. The highest BCUT2D eigenvalue weighted by Gasteiger charge is 2.09. The van der Waals surface area contributed by atoms with Crippen molar-refractivity contribution in [2.24, 2.45) is 0 Å². The van der Waals surface area contributed by atoms with E-state index in [1.54, 1.807) is 0 Å². The molecule has 1 rings (SSSR count). The average molecular weight is 223 g/mol. The van der Waals surface area contributed by atoms with E-state index in [-0.39, 0.29) is 5.60 Å². The molecule has 16 heavy (non-hydrogen) atoms. The zero-order valence-electron chi connectivity index (χ0n) is 10.3. The standard InChI is InChI=1S/C13H21NO2/c1-13(2,3)16-14-10-7-11-15-12-8-5-4-6-9-12/h4-6,8-9,14H,7,10-11H2,1-3H3. The molecule has 0 spiro atoms. The first-order valence-corrected chi connectivity index (χ1v) is 5.67. The van der Waals surface area contributed by atoms with Crippen LogP contribution in [0.15, 0.2) is 30.3 Å². The fraction of sp³-hybridized carbons (Fsp3) is 0.538. The predicted molar refractivity (Wildman–Crippen MR) is 65.4 cm³/mol. The van der Waals surface area contributed by atoms with Crippen LogP contribution in [0, 0.1) is 0 Å². The van der Waals surface area contributed by atoms with Crippen LogP contribution in [0.1, 0.15) is 27.2 Å². The van der Waals surface area contributed by atoms with Gasteiger partial charge in [-0.1, -0.05) is 18.2 Å². The van der Waals surface area contributed by atoms with E-state index in [0.717, 1.165) is 18.7 Å². The monoisotopic (exact) mass is 223 g/mol. The molecule has 0 radical (unpaired) electrons. The van der Waals surface area contributed by atoms with E-state index < -0.39 is 0 Å². The summed E-state index contributed by atoms with van der Waals surface area (Å²) in [6.07, 6.45) is 0.922. The van der Waals surface area contributed by atoms with Gasteiger partial charge in [0.1, 0.15) is 5.75 Å². The van der Waals surface area contributed by atoms with Gasteiger partial charge in [-0.3, -0.25) is 4.84 Å². The van der Waals surface area contributed by atoms with Crippen molar-refractivity contribution in [3.63, 3.8) is 0 Å². The molecule has 0 aromatic heterocycles. The van der Waals surface area contributed by atoms with Crippen LogP contribution in [-0.2, 0) is 4.84 Å². The van der Waals surface area contributed by atoms with Crippen LogP contribution in [0.5, 0.6) is 5.75 Å². The lowest BCUT2D eigenvalue weighted by Gasteiger charge is -2.19. The number of hydrogen-bond acceptors (Lipinski definition) is 3. The molecule has 0 amide bonds. The van der Waals surface area contributed by atoms with E-state index >= 15 is 0 Å². The average Bonchev–Trinajstić information content (AvgIpc) is 2.23. The van der Waals surface area contributed by atoms with Crippen molar-refractivity contribution in [1.82, 2.24) is 5.48 Å². The summed E-state index contributed by atoms with van der Waals surface area (Å²) in [5, 5.41) is 0. The second kappa shape index (κ2) is 6.51. The Labute approximate surface area is 97.7 Å². The lowest BCUT2D eigenvalue weighted by molar-refractivity contribution is -0.0732. The molecule has 1 N–H and O–H groups in total. The molecule has 3 heteroatoms. The van der Waals surface area contributed by atoms with Crippen molar-refractivity contribution >= 4 is 0 Å². The van der Waals surface area contributed by atoms with Gasteiger partial charge in [0, 0.05) is 6.54 Å². The molecular formula is C13H21NO2. The van der Waals surface area contributed by atoms with Gasteiger partial charge in [0.05, 0.1) is 12.2 Å². The highest BCUT2D eigenvalue weighted by molar-refractivity contribution is 5.20. The highest BCUT2D eigenvalue weighted by Crippen LogP contribution is 2.08. The third kappa shape index (κ3) is 6.43. The molecule has 0 aliphatic heterocycles. The Balaban J connectivity index is 2.01. The molecule has 0 bridgehead atoms. The maximum Gasteiger partial charge on any atom is 0.119 e. The number of rotatable bonds is 6. The van der Waals surface area contributed by atoms with Crippen LogP contribution in [-0.4, -0.2) is 18.8 Å². The maximum absolute atomic E-state index is 5.54. The minimum absolute atomic E-state index is 0.139. The smallest absolute Gasteiger partial charge is 0.119 e. The van der Waals surface area contributed by atoms with Crippen LogP contribution in [0.4, 0.5) is 0 Å². The number of benzene rings is 1. The van der Waals surface area contributed by atoms with Crippen molar-refractivity contribution in [2.75, 3.05) is 13.2 Å². The number of para-hydroxylation sites is 1. The van der Waals surface area contributed by atoms with E-state index in [4.69, 9.17) is 9.57 Å². The second-order valence-electron chi connectivity index (χ2n) is 4.62. The van der Waals surface area contributed by atoms with E-state index in [2.05, 4.69) is 5.48 Å². The molecule has 1 aromatic rings. The minimum atomic E-state index is -0.139. The molecule has 0 saturated heterocycles. The highest BCUT2D eigenvalue weighted by atomic mass is 16.7. The van der Waals surface area contributed by atoms with E-state index in [9.17, 15) is 0 Å². The van der Waals surface area contributed by atoms with Crippen molar-refractivity contribution in [3.05, 3.63) is 30.3 Å². The number of hydrogen-bond donors (Lipinski definition) is 1. The molecule has 0 aliphatic rings. The summed E-state index contributed by atoms with van der Waals surface area (Å²) in [6, 6.07) is 9.83. The molecule has 1 aromatic carbocycles. The first-order valence-electron chi connectivity index (χ1n) is 5.67. The summed E-state index contributed by atoms with van der Waals surface area (Å²) in [6.45, 7) is 7.54. The zero-order valence-corrected chi connectivity index (χ0v) is 10.3.